The molecule has 1 heterocycles. The van der Waals surface area contributed by atoms with Crippen LogP contribution in [0.2, 0.25) is 0 Å². The second-order valence-corrected chi connectivity index (χ2v) is 5.71. The minimum absolute atomic E-state index is 0.112. The molecule has 0 bridgehead atoms. The number of thioether (sulfide) groups is 1. The summed E-state index contributed by atoms with van der Waals surface area (Å²) in [5.41, 5.74) is 1.15. The van der Waals surface area contributed by atoms with Gasteiger partial charge in [-0.1, -0.05) is 12.1 Å². The molecule has 1 fully saturated rings. The number of halogens is 1. The van der Waals surface area contributed by atoms with Crippen LogP contribution >= 0.6 is 34.4 Å². The lowest BCUT2D eigenvalue weighted by molar-refractivity contribution is -0.138. The molecule has 3 nitrogen and oxygen atoms in total. The molecule has 5 heteroatoms. The predicted octanol–water partition coefficient (Wildman–Crippen LogP) is 2.08. The van der Waals surface area contributed by atoms with Gasteiger partial charge in [0.1, 0.15) is 6.04 Å². The topological polar surface area (TPSA) is 49.3 Å². The average Bonchev–Trinajstić information content (AvgIpc) is 2.66. The van der Waals surface area contributed by atoms with E-state index in [1.807, 2.05) is 18.2 Å². The molecule has 2 unspecified atom stereocenters. The number of benzene rings is 1. The van der Waals surface area contributed by atoms with Crippen molar-refractivity contribution in [1.29, 1.82) is 0 Å². The standard InChI is InChI=1S/C10H10INO2S/c11-7-3-1-2-6(4-7)9-12-8(5-15-9)10(13)14/h1-4,8-9,12H,5H2,(H,13,14). The smallest absolute Gasteiger partial charge is 0.321 e. The first-order valence-electron chi connectivity index (χ1n) is 4.53. The van der Waals surface area contributed by atoms with E-state index in [1.54, 1.807) is 11.8 Å². The van der Waals surface area contributed by atoms with Crippen molar-refractivity contribution in [1.82, 2.24) is 5.32 Å². The summed E-state index contributed by atoms with van der Waals surface area (Å²) in [5, 5.41) is 12.1. The number of hydrogen-bond donors (Lipinski definition) is 2. The van der Waals surface area contributed by atoms with E-state index in [0.717, 1.165) is 5.56 Å². The monoisotopic (exact) mass is 335 g/mol. The van der Waals surface area contributed by atoms with Crippen molar-refractivity contribution in [3.05, 3.63) is 33.4 Å². The van der Waals surface area contributed by atoms with Crippen molar-refractivity contribution in [3.63, 3.8) is 0 Å². The van der Waals surface area contributed by atoms with Crippen LogP contribution in [0, 0.1) is 3.57 Å². The fraction of sp³-hybridized carbons (Fsp3) is 0.300. The Hall–Kier alpha value is -0.270. The Bertz CT molecular complexity index is 385. The molecule has 2 atom stereocenters. The van der Waals surface area contributed by atoms with Gasteiger partial charge in [-0.25, -0.2) is 0 Å². The summed E-state index contributed by atoms with van der Waals surface area (Å²) < 4.78 is 1.17. The van der Waals surface area contributed by atoms with Crippen LogP contribution in [0.5, 0.6) is 0 Å². The molecule has 2 rings (SSSR count). The van der Waals surface area contributed by atoms with E-state index in [0.29, 0.717) is 5.75 Å². The maximum absolute atomic E-state index is 10.8. The molecule has 0 spiro atoms. The summed E-state index contributed by atoms with van der Waals surface area (Å²) in [6.45, 7) is 0. The Morgan fingerprint density at radius 3 is 3.00 bits per heavy atom. The number of carbonyl (C=O) groups is 1. The Balaban J connectivity index is 2.11. The Morgan fingerprint density at radius 1 is 1.60 bits per heavy atom. The number of carboxylic acid groups (broad SMARTS) is 1. The van der Waals surface area contributed by atoms with E-state index < -0.39 is 12.0 Å². The summed E-state index contributed by atoms with van der Waals surface area (Å²) in [6.07, 6.45) is 0. The highest BCUT2D eigenvalue weighted by Gasteiger charge is 2.30. The minimum Gasteiger partial charge on any atom is -0.480 e. The van der Waals surface area contributed by atoms with Gasteiger partial charge in [0.05, 0.1) is 5.37 Å². The highest BCUT2D eigenvalue weighted by atomic mass is 127. The predicted molar refractivity (Wildman–Crippen MR) is 68.9 cm³/mol. The third-order valence-corrected chi connectivity index (χ3v) is 4.17. The molecule has 0 aliphatic carbocycles. The average molecular weight is 335 g/mol. The third-order valence-electron chi connectivity index (χ3n) is 2.23. The van der Waals surface area contributed by atoms with Crippen LogP contribution in [0.25, 0.3) is 0 Å². The van der Waals surface area contributed by atoms with E-state index in [9.17, 15) is 4.79 Å². The maximum Gasteiger partial charge on any atom is 0.321 e. The van der Waals surface area contributed by atoms with Gasteiger partial charge in [0.25, 0.3) is 0 Å². The Morgan fingerprint density at radius 2 is 2.40 bits per heavy atom. The molecule has 1 aliphatic rings. The summed E-state index contributed by atoms with van der Waals surface area (Å²) >= 11 is 3.90. The number of rotatable bonds is 2. The minimum atomic E-state index is -0.768. The summed E-state index contributed by atoms with van der Waals surface area (Å²) in [7, 11) is 0. The molecule has 0 radical (unpaired) electrons. The van der Waals surface area contributed by atoms with Crippen LogP contribution in [0.3, 0.4) is 0 Å². The van der Waals surface area contributed by atoms with E-state index in [4.69, 9.17) is 5.11 Å². The van der Waals surface area contributed by atoms with Crippen molar-refractivity contribution in [2.45, 2.75) is 11.4 Å². The molecule has 80 valence electrons. The van der Waals surface area contributed by atoms with Gasteiger partial charge in [-0.3, -0.25) is 10.1 Å². The molecule has 2 N–H and O–H groups in total. The first kappa shape index (κ1) is 11.2. The fourth-order valence-electron chi connectivity index (χ4n) is 1.48. The lowest BCUT2D eigenvalue weighted by atomic mass is 10.2. The molecule has 1 aromatic carbocycles. The van der Waals surface area contributed by atoms with Crippen LogP contribution in [0.4, 0.5) is 0 Å². The number of hydrogen-bond acceptors (Lipinski definition) is 3. The fourth-order valence-corrected chi connectivity index (χ4v) is 3.27. The highest BCUT2D eigenvalue weighted by molar-refractivity contribution is 14.1. The van der Waals surface area contributed by atoms with Gasteiger partial charge >= 0.3 is 5.97 Å². The van der Waals surface area contributed by atoms with Gasteiger partial charge in [0.15, 0.2) is 0 Å². The molecule has 0 amide bonds. The van der Waals surface area contributed by atoms with Crippen molar-refractivity contribution in [3.8, 4) is 0 Å². The summed E-state index contributed by atoms with van der Waals surface area (Å²) in [5.74, 6) is -0.138. The van der Waals surface area contributed by atoms with Crippen molar-refractivity contribution < 1.29 is 9.90 Å². The van der Waals surface area contributed by atoms with Gasteiger partial charge in [0, 0.05) is 9.32 Å². The normalized spacial score (nSPS) is 25.4. The van der Waals surface area contributed by atoms with E-state index >= 15 is 0 Å². The van der Waals surface area contributed by atoms with Crippen LogP contribution in [0.15, 0.2) is 24.3 Å². The van der Waals surface area contributed by atoms with Crippen LogP contribution in [-0.2, 0) is 4.79 Å². The second-order valence-electron chi connectivity index (χ2n) is 3.33. The molecule has 0 saturated carbocycles. The van der Waals surface area contributed by atoms with Gasteiger partial charge in [-0.15, -0.1) is 11.8 Å². The lowest BCUT2D eigenvalue weighted by Crippen LogP contribution is -2.33. The Kier molecular flexibility index (Phi) is 3.53. The molecule has 1 saturated heterocycles. The SMILES string of the molecule is O=C(O)C1CSC(c2cccc(I)c2)N1. The van der Waals surface area contributed by atoms with Crippen LogP contribution in [0.1, 0.15) is 10.9 Å². The largest absolute Gasteiger partial charge is 0.480 e. The zero-order valence-corrected chi connectivity index (χ0v) is 10.8. The molecule has 1 aliphatic heterocycles. The highest BCUT2D eigenvalue weighted by Crippen LogP contribution is 2.33. The molecule has 1 aromatic rings. The molecule has 0 aromatic heterocycles. The van der Waals surface area contributed by atoms with E-state index in [-0.39, 0.29) is 5.37 Å². The van der Waals surface area contributed by atoms with Gasteiger partial charge in [-0.2, -0.15) is 0 Å². The Labute approximate surface area is 106 Å². The van der Waals surface area contributed by atoms with Crippen LogP contribution in [-0.4, -0.2) is 22.9 Å². The molecule has 15 heavy (non-hydrogen) atoms. The lowest BCUT2D eigenvalue weighted by Gasteiger charge is -2.11. The maximum atomic E-state index is 10.8. The second kappa shape index (κ2) is 4.71. The summed E-state index contributed by atoms with van der Waals surface area (Å²) in [4.78, 5) is 10.8. The quantitative estimate of drug-likeness (QED) is 0.813. The van der Waals surface area contributed by atoms with E-state index in [2.05, 4.69) is 34.0 Å². The first-order valence-corrected chi connectivity index (χ1v) is 6.65. The molecular weight excluding hydrogens is 325 g/mol. The summed E-state index contributed by atoms with van der Waals surface area (Å²) in [6, 6.07) is 7.70. The zero-order valence-electron chi connectivity index (χ0n) is 7.81. The zero-order chi connectivity index (χ0) is 10.8. The van der Waals surface area contributed by atoms with Gasteiger partial charge in [-0.05, 0) is 40.3 Å². The van der Waals surface area contributed by atoms with Crippen molar-refractivity contribution in [2.75, 3.05) is 5.75 Å². The van der Waals surface area contributed by atoms with Gasteiger partial charge in [0.2, 0.25) is 0 Å². The third kappa shape index (κ3) is 2.64. The number of carboxylic acids is 1. The molecular formula is C10H10INO2S. The van der Waals surface area contributed by atoms with Gasteiger partial charge < -0.3 is 5.11 Å². The number of nitrogens with one attached hydrogen (secondary N) is 1. The van der Waals surface area contributed by atoms with Crippen molar-refractivity contribution in [2.24, 2.45) is 0 Å². The number of aliphatic carboxylic acids is 1. The van der Waals surface area contributed by atoms with Crippen LogP contribution < -0.4 is 5.32 Å². The van der Waals surface area contributed by atoms with E-state index in [1.165, 1.54) is 3.57 Å². The van der Waals surface area contributed by atoms with Crippen molar-refractivity contribution >= 4 is 40.3 Å². The first-order chi connectivity index (χ1) is 7.16.